The Morgan fingerprint density at radius 1 is 0.552 bits per heavy atom. The fourth-order valence-electron chi connectivity index (χ4n) is 6.92. The fraction of sp³-hybridized carbons (Fsp3) is 0.969. The van der Waals surface area contributed by atoms with Crippen molar-refractivity contribution >= 4 is 5.91 Å². The Balaban J connectivity index is 1.80. The molecule has 0 aromatic carbocycles. The standard InChI is InChI=1S/C32H57NO25/c1-8-15(41)20(46)23(49)29(51-8)58-28-26(19(45)14(7-38)54-32(28)55-25(16(42)11(40)4-35)10(3-34)33-9(2)39)56-31-27(22(48)18(44)13(6-37)53-31)57-30-24(50)21(47)17(43)12(5-36)52-30/h8,10-32,34-38,40-50H,3-7H2,1-2H3,(H,33,39)/t8-,10-,11+,12+,13+,14+,15+,16-,17-,18-,19-,20+,21-,22-,23-,24+,25+,26-,27+,28+,29-,30-,31+,32-/m0/s1. The Morgan fingerprint density at radius 2 is 1.02 bits per heavy atom. The predicted molar refractivity (Wildman–Crippen MR) is 179 cm³/mol. The van der Waals surface area contributed by atoms with Crippen LogP contribution in [0.25, 0.3) is 0 Å². The minimum absolute atomic E-state index is 0.778. The van der Waals surface area contributed by atoms with Crippen LogP contribution in [0.3, 0.4) is 0 Å². The molecule has 0 aliphatic carbocycles. The Morgan fingerprint density at radius 3 is 1.55 bits per heavy atom. The summed E-state index contributed by atoms with van der Waals surface area (Å²) in [6.07, 6.45) is -44.4. The van der Waals surface area contributed by atoms with Gasteiger partial charge in [0.1, 0.15) is 110 Å². The van der Waals surface area contributed by atoms with Gasteiger partial charge in [-0.2, -0.15) is 0 Å². The minimum Gasteiger partial charge on any atom is -0.394 e. The van der Waals surface area contributed by atoms with E-state index >= 15 is 0 Å². The van der Waals surface area contributed by atoms with Crippen LogP contribution in [0.5, 0.6) is 0 Å². The van der Waals surface area contributed by atoms with E-state index in [1.807, 2.05) is 0 Å². The summed E-state index contributed by atoms with van der Waals surface area (Å²) in [6.45, 7) is -2.67. The molecular weight excluding hydrogens is 798 g/mol. The zero-order valence-electron chi connectivity index (χ0n) is 31.2. The number of aliphatic hydroxyl groups is 16. The number of amides is 1. The van der Waals surface area contributed by atoms with Crippen LogP contribution >= 0.6 is 0 Å². The zero-order valence-corrected chi connectivity index (χ0v) is 31.2. The van der Waals surface area contributed by atoms with Crippen molar-refractivity contribution in [2.24, 2.45) is 0 Å². The number of hydrogen-bond donors (Lipinski definition) is 17. The van der Waals surface area contributed by atoms with Gasteiger partial charge in [0, 0.05) is 6.92 Å². The van der Waals surface area contributed by atoms with Gasteiger partial charge in [0.05, 0.1) is 45.2 Å². The highest BCUT2D eigenvalue weighted by atomic mass is 16.8. The molecule has 58 heavy (non-hydrogen) atoms. The number of rotatable bonds is 17. The SMILES string of the molecule is CC(=O)N[C@@H](CO)[C@@H](O[C@@H]1O[C@H](CO)[C@H](O)[C@H](O[C@H]2O[C@H](CO)[C@H](O)[C@H](O)[C@H]2O[C@@H]2O[C@H](CO)[C@H](O)[C@H](O)[C@H]2O)[C@H]1O[C@@H]1O[C@@H](C)[C@@H](O)[C@@H](O)[C@@H]1O)[C@@H](O)[C@H](O)CO. The van der Waals surface area contributed by atoms with Crippen LogP contribution in [0.15, 0.2) is 0 Å². The summed E-state index contributed by atoms with van der Waals surface area (Å²) in [5.41, 5.74) is 0. The molecule has 26 nitrogen and oxygen atoms in total. The van der Waals surface area contributed by atoms with Crippen molar-refractivity contribution in [2.45, 2.75) is 161 Å². The normalized spacial score (nSPS) is 45.9. The van der Waals surface area contributed by atoms with Gasteiger partial charge in [0.2, 0.25) is 5.91 Å². The predicted octanol–water partition coefficient (Wildman–Crippen LogP) is -11.1. The van der Waals surface area contributed by atoms with E-state index in [4.69, 9.17) is 37.9 Å². The monoisotopic (exact) mass is 855 g/mol. The molecule has 4 aliphatic heterocycles. The summed E-state index contributed by atoms with van der Waals surface area (Å²) in [6, 6.07) is -1.59. The molecule has 24 atom stereocenters. The van der Waals surface area contributed by atoms with Crippen LogP contribution in [-0.4, -0.2) is 268 Å². The van der Waals surface area contributed by atoms with Crippen LogP contribution in [0.2, 0.25) is 0 Å². The number of ether oxygens (including phenoxy) is 8. The van der Waals surface area contributed by atoms with Gasteiger partial charge in [-0.25, -0.2) is 0 Å². The van der Waals surface area contributed by atoms with E-state index in [1.54, 1.807) is 0 Å². The summed E-state index contributed by atoms with van der Waals surface area (Å²) in [7, 11) is 0. The third kappa shape index (κ3) is 10.7. The first-order valence-corrected chi connectivity index (χ1v) is 18.4. The lowest BCUT2D eigenvalue weighted by Gasteiger charge is -2.50. The molecule has 0 aromatic rings. The smallest absolute Gasteiger partial charge is 0.217 e. The van der Waals surface area contributed by atoms with Crippen LogP contribution in [0, 0.1) is 0 Å². The molecule has 0 aromatic heterocycles. The summed E-state index contributed by atoms with van der Waals surface area (Å²) >= 11 is 0. The average Bonchev–Trinajstić information content (AvgIpc) is 3.20. The van der Waals surface area contributed by atoms with Gasteiger partial charge < -0.3 is 125 Å². The first-order chi connectivity index (χ1) is 27.3. The lowest BCUT2D eigenvalue weighted by atomic mass is 9.95. The number of hydrogen-bond acceptors (Lipinski definition) is 25. The maximum atomic E-state index is 12.1. The van der Waals surface area contributed by atoms with E-state index in [9.17, 15) is 86.5 Å². The van der Waals surface area contributed by atoms with E-state index in [-0.39, 0.29) is 0 Å². The number of nitrogens with one attached hydrogen (secondary N) is 1. The molecule has 0 radical (unpaired) electrons. The van der Waals surface area contributed by atoms with Crippen LogP contribution < -0.4 is 5.32 Å². The Hall–Kier alpha value is -1.49. The maximum Gasteiger partial charge on any atom is 0.217 e. The molecule has 4 rings (SSSR count). The largest absolute Gasteiger partial charge is 0.394 e. The van der Waals surface area contributed by atoms with Crippen molar-refractivity contribution in [1.82, 2.24) is 5.32 Å². The molecule has 4 aliphatic rings. The lowest BCUT2D eigenvalue weighted by molar-refractivity contribution is -0.407. The third-order valence-corrected chi connectivity index (χ3v) is 10.3. The van der Waals surface area contributed by atoms with E-state index < -0.39 is 186 Å². The first kappa shape index (κ1) is 49.2. The fourth-order valence-corrected chi connectivity index (χ4v) is 6.92. The van der Waals surface area contributed by atoms with Gasteiger partial charge in [-0.15, -0.1) is 0 Å². The van der Waals surface area contributed by atoms with Gasteiger partial charge in [0.15, 0.2) is 25.2 Å². The van der Waals surface area contributed by atoms with Crippen molar-refractivity contribution in [3.05, 3.63) is 0 Å². The second-order valence-corrected chi connectivity index (χ2v) is 14.4. The molecule has 0 saturated carbocycles. The van der Waals surface area contributed by atoms with E-state index in [1.165, 1.54) is 6.92 Å². The van der Waals surface area contributed by atoms with Gasteiger partial charge in [-0.3, -0.25) is 4.79 Å². The van der Waals surface area contributed by atoms with Crippen LogP contribution in [0.1, 0.15) is 13.8 Å². The highest BCUT2D eigenvalue weighted by Crippen LogP contribution is 2.36. The molecule has 4 fully saturated rings. The van der Waals surface area contributed by atoms with E-state index in [2.05, 4.69) is 5.32 Å². The van der Waals surface area contributed by atoms with Crippen molar-refractivity contribution in [2.75, 3.05) is 33.0 Å². The molecule has 17 N–H and O–H groups in total. The summed E-state index contributed by atoms with van der Waals surface area (Å²) in [5.74, 6) is -0.778. The van der Waals surface area contributed by atoms with E-state index in [0.29, 0.717) is 0 Å². The second-order valence-electron chi connectivity index (χ2n) is 14.4. The van der Waals surface area contributed by atoms with Crippen LogP contribution in [-0.2, 0) is 42.7 Å². The first-order valence-electron chi connectivity index (χ1n) is 18.4. The third-order valence-electron chi connectivity index (χ3n) is 10.3. The highest BCUT2D eigenvalue weighted by Gasteiger charge is 2.57. The van der Waals surface area contributed by atoms with Crippen molar-refractivity contribution in [1.29, 1.82) is 0 Å². The van der Waals surface area contributed by atoms with E-state index in [0.717, 1.165) is 6.92 Å². The van der Waals surface area contributed by atoms with Gasteiger partial charge in [-0.1, -0.05) is 0 Å². The molecule has 26 heteroatoms. The van der Waals surface area contributed by atoms with Gasteiger partial charge >= 0.3 is 0 Å². The average molecular weight is 856 g/mol. The summed E-state index contributed by atoms with van der Waals surface area (Å²) in [5, 5.41) is 170. The molecule has 340 valence electrons. The molecular formula is C32H57NO25. The highest BCUT2D eigenvalue weighted by molar-refractivity contribution is 5.73. The molecule has 1 amide bonds. The maximum absolute atomic E-state index is 12.1. The van der Waals surface area contributed by atoms with Crippen LogP contribution in [0.4, 0.5) is 0 Å². The second kappa shape index (κ2) is 21.5. The number of carbonyl (C=O) groups is 1. The molecule has 4 heterocycles. The summed E-state index contributed by atoms with van der Waals surface area (Å²) < 4.78 is 46.1. The minimum atomic E-state index is -2.15. The Kier molecular flexibility index (Phi) is 18.3. The van der Waals surface area contributed by atoms with Gasteiger partial charge in [-0.05, 0) is 6.92 Å². The van der Waals surface area contributed by atoms with Crippen molar-refractivity contribution in [3.63, 3.8) is 0 Å². The zero-order chi connectivity index (χ0) is 43.3. The van der Waals surface area contributed by atoms with Crippen molar-refractivity contribution < 1.29 is 124 Å². The Bertz CT molecular complexity index is 1260. The quantitative estimate of drug-likeness (QED) is 0.0646. The Labute approximate surface area is 329 Å². The lowest BCUT2D eigenvalue weighted by Crippen LogP contribution is -2.69. The molecule has 0 bridgehead atoms. The number of aliphatic hydroxyl groups excluding tert-OH is 16. The molecule has 0 unspecified atom stereocenters. The van der Waals surface area contributed by atoms with Gasteiger partial charge in [0.25, 0.3) is 0 Å². The molecule has 4 saturated heterocycles. The van der Waals surface area contributed by atoms with Crippen molar-refractivity contribution in [3.8, 4) is 0 Å². The molecule has 0 spiro atoms. The topological polar surface area (TPSA) is 427 Å². The summed E-state index contributed by atoms with van der Waals surface area (Å²) in [4.78, 5) is 12.1. The number of carbonyl (C=O) groups excluding carboxylic acids is 1.